The Hall–Kier alpha value is -1.56. The van der Waals surface area contributed by atoms with Gasteiger partial charge in [-0.3, -0.25) is 0 Å². The van der Waals surface area contributed by atoms with Crippen molar-refractivity contribution in [1.82, 2.24) is 0 Å². The second-order valence-electron chi connectivity index (χ2n) is 9.46. The van der Waals surface area contributed by atoms with E-state index in [0.717, 1.165) is 12.8 Å². The fourth-order valence-electron chi connectivity index (χ4n) is 3.54. The Balaban J connectivity index is 1.97. The summed E-state index contributed by atoms with van der Waals surface area (Å²) in [5.74, 6) is 0. The molecule has 0 aromatic heterocycles. The number of hydrogen-bond acceptors (Lipinski definition) is 0. The Morgan fingerprint density at radius 2 is 1.00 bits per heavy atom. The van der Waals surface area contributed by atoms with Gasteiger partial charge in [0.15, 0.2) is 0 Å². The van der Waals surface area contributed by atoms with Gasteiger partial charge in [-0.1, -0.05) is 77.9 Å². The van der Waals surface area contributed by atoms with E-state index in [1.807, 2.05) is 0 Å². The van der Waals surface area contributed by atoms with Crippen molar-refractivity contribution < 1.29 is 0 Å². The van der Waals surface area contributed by atoms with Gasteiger partial charge in [0.1, 0.15) is 0 Å². The number of hydrogen-bond donors (Lipinski definition) is 0. The van der Waals surface area contributed by atoms with E-state index in [4.69, 9.17) is 0 Å². The van der Waals surface area contributed by atoms with Gasteiger partial charge in [-0.2, -0.15) is 0 Å². The summed E-state index contributed by atoms with van der Waals surface area (Å²) < 4.78 is 0. The van der Waals surface area contributed by atoms with Crippen LogP contribution in [0.3, 0.4) is 0 Å². The first-order valence-electron chi connectivity index (χ1n) is 8.72. The van der Waals surface area contributed by atoms with Crippen LogP contribution >= 0.6 is 0 Å². The first kappa shape index (κ1) is 16.3. The molecule has 0 fully saturated rings. The molecule has 0 saturated carbocycles. The van der Waals surface area contributed by atoms with Crippen molar-refractivity contribution in [3.63, 3.8) is 0 Å². The highest BCUT2D eigenvalue weighted by Crippen LogP contribution is 2.40. The van der Waals surface area contributed by atoms with E-state index < -0.39 is 0 Å². The normalized spacial score (nSPS) is 13.8. The molecule has 3 rings (SSSR count). The van der Waals surface area contributed by atoms with E-state index in [1.165, 1.54) is 33.4 Å². The average Bonchev–Trinajstić information content (AvgIpc) is 2.73. The molecule has 0 heterocycles. The summed E-state index contributed by atoms with van der Waals surface area (Å²) in [6.45, 7) is 13.8. The number of fused-ring (bicyclic) bond motifs is 3. The molecule has 0 N–H and O–H groups in total. The quantitative estimate of drug-likeness (QED) is 0.510. The monoisotopic (exact) mass is 305 g/mol. The first-order valence-corrected chi connectivity index (χ1v) is 8.72. The highest BCUT2D eigenvalue weighted by atomic mass is 14.3. The van der Waals surface area contributed by atoms with E-state index in [-0.39, 0.29) is 0 Å². The fourth-order valence-corrected chi connectivity index (χ4v) is 3.54. The molecule has 1 aliphatic rings. The third-order valence-corrected chi connectivity index (χ3v) is 4.31. The van der Waals surface area contributed by atoms with Crippen LogP contribution in [-0.4, -0.2) is 0 Å². The Bertz CT molecular complexity index is 657. The number of rotatable bonds is 2. The van der Waals surface area contributed by atoms with Crippen LogP contribution < -0.4 is 0 Å². The van der Waals surface area contributed by atoms with Gasteiger partial charge in [0.25, 0.3) is 0 Å². The van der Waals surface area contributed by atoms with Crippen molar-refractivity contribution in [3.05, 3.63) is 65.1 Å². The van der Waals surface area contributed by atoms with Crippen molar-refractivity contribution in [2.45, 2.75) is 54.4 Å². The molecule has 0 atom stereocenters. The van der Waals surface area contributed by atoms with Crippen molar-refractivity contribution in [1.29, 1.82) is 0 Å². The van der Waals surface area contributed by atoms with Crippen LogP contribution in [0.2, 0.25) is 0 Å². The standard InChI is InChI=1S/C23H29/c1-22(2,3)14-16-7-9-18-13-19-10-8-17(15-23(4,5)6)12-21(19)20(18)11-16/h7-13H,14-15H2,1-6H3. The second kappa shape index (κ2) is 5.51. The summed E-state index contributed by atoms with van der Waals surface area (Å²) in [6.07, 6.45) is 4.57. The molecule has 0 nitrogen and oxygen atoms in total. The Labute approximate surface area is 141 Å². The first-order chi connectivity index (χ1) is 10.6. The lowest BCUT2D eigenvalue weighted by Gasteiger charge is -2.19. The maximum Gasteiger partial charge on any atom is 0.0211 e. The summed E-state index contributed by atoms with van der Waals surface area (Å²) in [5, 5.41) is 0. The van der Waals surface area contributed by atoms with Gasteiger partial charge in [0, 0.05) is 6.42 Å². The topological polar surface area (TPSA) is 0 Å². The maximum atomic E-state index is 2.41. The van der Waals surface area contributed by atoms with E-state index in [0.29, 0.717) is 10.8 Å². The van der Waals surface area contributed by atoms with Crippen molar-refractivity contribution in [2.75, 3.05) is 0 Å². The second-order valence-corrected chi connectivity index (χ2v) is 9.46. The fraction of sp³-hybridized carbons (Fsp3) is 0.435. The Morgan fingerprint density at radius 3 is 1.35 bits per heavy atom. The lowest BCUT2D eigenvalue weighted by Crippen LogP contribution is -2.09. The maximum absolute atomic E-state index is 2.41. The molecule has 1 radical (unpaired) electrons. The van der Waals surface area contributed by atoms with Crippen LogP contribution in [0, 0.1) is 17.3 Å². The molecule has 0 aliphatic heterocycles. The number of benzene rings is 2. The summed E-state index contributed by atoms with van der Waals surface area (Å²) in [5.41, 5.74) is 9.10. The van der Waals surface area contributed by atoms with E-state index >= 15 is 0 Å². The van der Waals surface area contributed by atoms with Gasteiger partial charge in [0.05, 0.1) is 0 Å². The predicted octanol–water partition coefficient (Wildman–Crippen LogP) is 6.44. The van der Waals surface area contributed by atoms with Crippen LogP contribution in [0.1, 0.15) is 63.8 Å². The minimum atomic E-state index is 0.327. The van der Waals surface area contributed by atoms with Crippen LogP contribution in [0.4, 0.5) is 0 Å². The van der Waals surface area contributed by atoms with E-state index in [9.17, 15) is 0 Å². The third-order valence-electron chi connectivity index (χ3n) is 4.31. The van der Waals surface area contributed by atoms with Crippen LogP contribution in [0.5, 0.6) is 0 Å². The van der Waals surface area contributed by atoms with Gasteiger partial charge < -0.3 is 0 Å². The molecule has 0 spiro atoms. The summed E-state index contributed by atoms with van der Waals surface area (Å²) >= 11 is 0. The van der Waals surface area contributed by atoms with Crippen molar-refractivity contribution in [2.24, 2.45) is 10.8 Å². The molecule has 0 unspecified atom stereocenters. The van der Waals surface area contributed by atoms with Crippen LogP contribution in [0.15, 0.2) is 36.4 Å². The van der Waals surface area contributed by atoms with Gasteiger partial charge in [-0.25, -0.2) is 0 Å². The van der Waals surface area contributed by atoms with Crippen molar-refractivity contribution in [3.8, 4) is 11.1 Å². The average molecular weight is 305 g/mol. The summed E-state index contributed by atoms with van der Waals surface area (Å²) in [6, 6.07) is 14.0. The zero-order valence-electron chi connectivity index (χ0n) is 15.5. The minimum absolute atomic E-state index is 0.327. The predicted molar refractivity (Wildman–Crippen MR) is 101 cm³/mol. The third kappa shape index (κ3) is 3.86. The van der Waals surface area contributed by atoms with E-state index in [2.05, 4.69) is 84.4 Å². The largest absolute Gasteiger partial charge is 0.0599 e. The zero-order valence-corrected chi connectivity index (χ0v) is 15.5. The summed E-state index contributed by atoms with van der Waals surface area (Å²) in [7, 11) is 0. The molecule has 2 aromatic rings. The van der Waals surface area contributed by atoms with Gasteiger partial charge in [-0.05, 0) is 57.1 Å². The molecule has 121 valence electrons. The van der Waals surface area contributed by atoms with E-state index in [1.54, 1.807) is 0 Å². The smallest absolute Gasteiger partial charge is 0.0211 e. The molecular weight excluding hydrogens is 276 g/mol. The van der Waals surface area contributed by atoms with Gasteiger partial charge in [0.2, 0.25) is 0 Å². The molecular formula is C23H29. The molecule has 0 saturated heterocycles. The molecule has 0 bridgehead atoms. The lowest BCUT2D eigenvalue weighted by atomic mass is 9.86. The molecule has 2 aromatic carbocycles. The Kier molecular flexibility index (Phi) is 3.91. The van der Waals surface area contributed by atoms with Crippen LogP contribution in [-0.2, 0) is 12.8 Å². The Morgan fingerprint density at radius 1 is 0.609 bits per heavy atom. The van der Waals surface area contributed by atoms with Crippen LogP contribution in [0.25, 0.3) is 11.1 Å². The molecule has 0 heteroatoms. The highest BCUT2D eigenvalue weighted by molar-refractivity contribution is 5.82. The van der Waals surface area contributed by atoms with Gasteiger partial charge in [-0.15, -0.1) is 0 Å². The van der Waals surface area contributed by atoms with Crippen molar-refractivity contribution >= 4 is 0 Å². The minimum Gasteiger partial charge on any atom is -0.0599 e. The SMILES string of the molecule is CC(C)(C)Cc1ccc2c(c1)-c1cc(CC(C)(C)C)ccc1[CH]2. The lowest BCUT2D eigenvalue weighted by molar-refractivity contribution is 0.411. The molecule has 0 amide bonds. The molecule has 23 heavy (non-hydrogen) atoms. The molecule has 1 aliphatic carbocycles. The zero-order chi connectivity index (χ0) is 16.8. The summed E-state index contributed by atoms with van der Waals surface area (Å²) in [4.78, 5) is 0. The highest BCUT2D eigenvalue weighted by Gasteiger charge is 2.21. The van der Waals surface area contributed by atoms with Gasteiger partial charge >= 0.3 is 0 Å².